The number of hydrogen-bond acceptors (Lipinski definition) is 4. The Labute approximate surface area is 234 Å². The lowest BCUT2D eigenvalue weighted by Gasteiger charge is -2.39. The number of aromatic nitrogens is 2. The molecule has 2 fully saturated rings. The van der Waals surface area contributed by atoms with Crippen molar-refractivity contribution in [2.45, 2.75) is 51.4 Å². The molecule has 1 amide bonds. The highest BCUT2D eigenvalue weighted by Crippen LogP contribution is 2.32. The normalized spacial score (nSPS) is 21.0. The minimum absolute atomic E-state index is 0.0216. The maximum Gasteiger partial charge on any atom is 0.226 e. The summed E-state index contributed by atoms with van der Waals surface area (Å²) in [6, 6.07) is 6.59. The Morgan fingerprint density at radius 2 is 2.00 bits per heavy atom. The predicted octanol–water partition coefficient (Wildman–Crippen LogP) is 4.78. The van der Waals surface area contributed by atoms with Crippen molar-refractivity contribution in [1.29, 1.82) is 0 Å². The van der Waals surface area contributed by atoms with Gasteiger partial charge in [0.25, 0.3) is 0 Å². The molecular weight excluding hydrogens is 513 g/mol. The topological polar surface area (TPSA) is 63.2 Å². The Bertz CT molecular complexity index is 1390. The van der Waals surface area contributed by atoms with Crippen LogP contribution in [0.1, 0.15) is 55.5 Å². The van der Waals surface area contributed by atoms with E-state index in [0.717, 1.165) is 54.3 Å². The van der Waals surface area contributed by atoms with E-state index in [1.807, 2.05) is 37.3 Å². The van der Waals surface area contributed by atoms with Gasteiger partial charge in [0.05, 0.1) is 22.1 Å². The molecule has 204 valence electrons. The van der Waals surface area contributed by atoms with Crippen molar-refractivity contribution in [1.82, 2.24) is 14.9 Å². The van der Waals surface area contributed by atoms with E-state index in [9.17, 15) is 14.0 Å². The van der Waals surface area contributed by atoms with Gasteiger partial charge in [-0.1, -0.05) is 48.5 Å². The average molecular weight is 548 g/mol. The van der Waals surface area contributed by atoms with E-state index in [1.165, 1.54) is 6.07 Å². The van der Waals surface area contributed by atoms with Gasteiger partial charge < -0.3 is 9.69 Å². The third-order valence-electron chi connectivity index (χ3n) is 7.53. The molecule has 5 nitrogen and oxygen atoms in total. The largest absolute Gasteiger partial charge is 0.341 e. The van der Waals surface area contributed by atoms with Gasteiger partial charge in [-0.25, -0.2) is 14.4 Å². The maximum atomic E-state index is 13.6. The van der Waals surface area contributed by atoms with E-state index >= 15 is 0 Å². The number of carbonyl (C=O) groups is 2. The van der Waals surface area contributed by atoms with Gasteiger partial charge >= 0.3 is 0 Å². The molecule has 2 atom stereocenters. The Morgan fingerprint density at radius 3 is 2.69 bits per heavy atom. The number of likely N-dealkylation sites (tertiary alicyclic amines) is 1. The van der Waals surface area contributed by atoms with Crippen LogP contribution in [0, 0.1) is 17.7 Å². The number of hydrogen-bond donors (Lipinski definition) is 0. The Hall–Kier alpha value is -3.38. The van der Waals surface area contributed by atoms with E-state index in [-0.39, 0.29) is 30.0 Å². The minimum atomic E-state index is -0.252. The standard InChI is InChI=1S/C32H35ClFN3O2/c1-3-7-26(33)9-6-11-29-31(17-22-12-13-23(16-22)21-38)36-30(28(4-2)35-29)14-15-32(39)37-19-25(20-37)24-8-5-10-27(34)18-24/h3-10,14,18,21-23,25H,1,11-13,15-17,19-20H2,2H3/b9-6-,26-7+,28-4+,30-14+. The molecule has 0 spiro atoms. The van der Waals surface area contributed by atoms with Gasteiger partial charge in [0.15, 0.2) is 0 Å². The van der Waals surface area contributed by atoms with Crippen LogP contribution in [0.2, 0.25) is 0 Å². The Morgan fingerprint density at radius 1 is 1.21 bits per heavy atom. The van der Waals surface area contributed by atoms with Crippen LogP contribution in [0.4, 0.5) is 4.39 Å². The van der Waals surface area contributed by atoms with Gasteiger partial charge in [0.2, 0.25) is 5.91 Å². The first kappa shape index (κ1) is 28.6. The molecule has 2 aliphatic rings. The summed E-state index contributed by atoms with van der Waals surface area (Å²) < 4.78 is 13.6. The number of halogens is 2. The van der Waals surface area contributed by atoms with Gasteiger partial charge in [-0.05, 0) is 74.4 Å². The quantitative estimate of drug-likeness (QED) is 0.317. The van der Waals surface area contributed by atoms with Crippen molar-refractivity contribution >= 4 is 35.9 Å². The van der Waals surface area contributed by atoms with E-state index in [1.54, 1.807) is 29.2 Å². The lowest BCUT2D eigenvalue weighted by atomic mass is 9.91. The van der Waals surface area contributed by atoms with Gasteiger partial charge in [0.1, 0.15) is 12.1 Å². The van der Waals surface area contributed by atoms with Crippen LogP contribution in [-0.2, 0) is 22.4 Å². The molecular formula is C32H35ClFN3O2. The van der Waals surface area contributed by atoms with E-state index in [4.69, 9.17) is 21.6 Å². The number of amides is 1. The van der Waals surface area contributed by atoms with Crippen LogP contribution in [0.3, 0.4) is 0 Å². The van der Waals surface area contributed by atoms with Crippen LogP contribution in [0.5, 0.6) is 0 Å². The van der Waals surface area contributed by atoms with Gasteiger partial charge in [0, 0.05) is 42.8 Å². The van der Waals surface area contributed by atoms with Crippen LogP contribution in [0.25, 0.3) is 12.2 Å². The summed E-state index contributed by atoms with van der Waals surface area (Å²) in [5.41, 5.74) is 2.71. The van der Waals surface area contributed by atoms with Crippen molar-refractivity contribution in [3.8, 4) is 0 Å². The molecule has 1 saturated heterocycles. The second-order valence-electron chi connectivity index (χ2n) is 10.3. The molecule has 1 aromatic heterocycles. The zero-order valence-electron chi connectivity index (χ0n) is 22.4. The highest BCUT2D eigenvalue weighted by atomic mass is 35.5. The Balaban J connectivity index is 1.52. The fraction of sp³-hybridized carbons (Fsp3) is 0.375. The molecule has 1 aliphatic heterocycles. The maximum absolute atomic E-state index is 13.6. The van der Waals surface area contributed by atoms with Gasteiger partial charge in [-0.2, -0.15) is 0 Å². The Kier molecular flexibility index (Phi) is 9.99. The number of rotatable bonds is 10. The summed E-state index contributed by atoms with van der Waals surface area (Å²) in [7, 11) is 0. The van der Waals surface area contributed by atoms with Crippen LogP contribution >= 0.6 is 11.6 Å². The molecule has 1 aromatic carbocycles. The van der Waals surface area contributed by atoms with E-state index in [2.05, 4.69) is 6.58 Å². The SMILES string of the molecule is C=C/C=C(Cl)\C=C/Cc1nc(=C/C)/c(=C\CC(=O)N2CC(c3cccc(F)c3)C2)nc1CC1CCC(C=O)C1. The van der Waals surface area contributed by atoms with Crippen LogP contribution in [0.15, 0.2) is 60.2 Å². The fourth-order valence-electron chi connectivity index (χ4n) is 5.34. The van der Waals surface area contributed by atoms with Crippen molar-refractivity contribution in [3.05, 3.63) is 93.6 Å². The fourth-order valence-corrected chi connectivity index (χ4v) is 5.52. The molecule has 0 bridgehead atoms. The number of carbonyl (C=O) groups excluding carboxylic acids is 2. The third-order valence-corrected chi connectivity index (χ3v) is 7.78. The summed E-state index contributed by atoms with van der Waals surface area (Å²) in [5.74, 6) is 0.438. The zero-order valence-corrected chi connectivity index (χ0v) is 23.1. The molecule has 4 rings (SSSR count). The molecule has 0 N–H and O–H groups in total. The van der Waals surface area contributed by atoms with Crippen LogP contribution < -0.4 is 10.7 Å². The molecule has 0 radical (unpaired) electrons. The molecule has 2 aromatic rings. The first-order valence-corrected chi connectivity index (χ1v) is 13.9. The predicted molar refractivity (Wildman–Crippen MR) is 154 cm³/mol. The number of nitrogens with zero attached hydrogens (tertiary/aromatic N) is 3. The van der Waals surface area contributed by atoms with E-state index in [0.29, 0.717) is 35.8 Å². The summed E-state index contributed by atoms with van der Waals surface area (Å²) in [4.78, 5) is 35.9. The zero-order chi connectivity index (χ0) is 27.8. The highest BCUT2D eigenvalue weighted by molar-refractivity contribution is 6.31. The smallest absolute Gasteiger partial charge is 0.226 e. The first-order chi connectivity index (χ1) is 18.9. The summed E-state index contributed by atoms with van der Waals surface area (Å²) in [6.45, 7) is 6.76. The van der Waals surface area contributed by atoms with Crippen molar-refractivity contribution in [2.75, 3.05) is 13.1 Å². The minimum Gasteiger partial charge on any atom is -0.341 e. The summed E-state index contributed by atoms with van der Waals surface area (Å²) in [6.07, 6.45) is 16.3. The molecule has 2 heterocycles. The van der Waals surface area contributed by atoms with Gasteiger partial charge in [-0.3, -0.25) is 4.79 Å². The third kappa shape index (κ3) is 7.60. The summed E-state index contributed by atoms with van der Waals surface area (Å²) >= 11 is 6.17. The van der Waals surface area contributed by atoms with Crippen molar-refractivity contribution in [2.24, 2.45) is 11.8 Å². The highest BCUT2D eigenvalue weighted by Gasteiger charge is 2.31. The second-order valence-corrected chi connectivity index (χ2v) is 10.7. The van der Waals surface area contributed by atoms with Gasteiger partial charge in [-0.15, -0.1) is 0 Å². The molecule has 39 heavy (non-hydrogen) atoms. The number of allylic oxidation sites excluding steroid dienone is 5. The molecule has 1 saturated carbocycles. The lowest BCUT2D eigenvalue weighted by molar-refractivity contribution is -0.134. The lowest BCUT2D eigenvalue weighted by Crippen LogP contribution is -2.48. The average Bonchev–Trinajstić information content (AvgIpc) is 3.35. The summed E-state index contributed by atoms with van der Waals surface area (Å²) in [5, 5.41) is 2.02. The molecule has 7 heteroatoms. The second kappa shape index (κ2) is 13.6. The van der Waals surface area contributed by atoms with Crippen LogP contribution in [-0.4, -0.2) is 40.2 Å². The molecule has 2 unspecified atom stereocenters. The monoisotopic (exact) mass is 547 g/mol. The number of aldehydes is 1. The van der Waals surface area contributed by atoms with Crippen molar-refractivity contribution < 1.29 is 14.0 Å². The van der Waals surface area contributed by atoms with E-state index < -0.39 is 0 Å². The van der Waals surface area contributed by atoms with Crippen molar-refractivity contribution in [3.63, 3.8) is 0 Å². The number of benzene rings is 1. The molecule has 1 aliphatic carbocycles. The first-order valence-electron chi connectivity index (χ1n) is 13.6.